The Labute approximate surface area is 155 Å². The summed E-state index contributed by atoms with van der Waals surface area (Å²) >= 11 is 7.04. The summed E-state index contributed by atoms with van der Waals surface area (Å²) < 4.78 is 28.0. The van der Waals surface area contributed by atoms with Crippen LogP contribution < -0.4 is 5.32 Å². The minimum absolute atomic E-state index is 0.0699. The van der Waals surface area contributed by atoms with E-state index in [-0.39, 0.29) is 16.7 Å². The van der Waals surface area contributed by atoms with Crippen molar-refractivity contribution in [3.05, 3.63) is 76.4 Å². The van der Waals surface area contributed by atoms with Crippen LogP contribution in [-0.2, 0) is 0 Å². The molecule has 2 aromatic carbocycles. The minimum atomic E-state index is -0.555. The van der Waals surface area contributed by atoms with Gasteiger partial charge in [-0.3, -0.25) is 9.20 Å². The Morgan fingerprint density at radius 2 is 1.92 bits per heavy atom. The quantitative estimate of drug-likeness (QED) is 0.520. The van der Waals surface area contributed by atoms with Crippen LogP contribution in [0.15, 0.2) is 54.0 Å². The average Bonchev–Trinajstić information content (AvgIpc) is 3.19. The molecule has 0 saturated heterocycles. The van der Waals surface area contributed by atoms with E-state index in [1.54, 1.807) is 28.1 Å². The maximum Gasteiger partial charge on any atom is 0.273 e. The highest BCUT2D eigenvalue weighted by molar-refractivity contribution is 7.15. The third kappa shape index (κ3) is 3.07. The van der Waals surface area contributed by atoms with Crippen LogP contribution in [0.5, 0.6) is 0 Å². The molecular weight excluding hydrogens is 380 g/mol. The van der Waals surface area contributed by atoms with Gasteiger partial charge in [-0.1, -0.05) is 11.6 Å². The molecule has 0 saturated carbocycles. The number of carbonyl (C=O) groups is 1. The van der Waals surface area contributed by atoms with Crippen molar-refractivity contribution < 1.29 is 13.6 Å². The molecule has 0 aliphatic carbocycles. The number of anilines is 1. The standard InChI is InChI=1S/C18H10ClF2N3OS/c19-13-7-12(5-6-14(13)21)22-17(25)16-9-26-18-23-15(8-24(16)18)10-1-3-11(20)4-2-10/h1-9H,(H,22,25). The van der Waals surface area contributed by atoms with Crippen LogP contribution >= 0.6 is 22.9 Å². The molecule has 4 nitrogen and oxygen atoms in total. The third-order valence-electron chi connectivity index (χ3n) is 3.76. The van der Waals surface area contributed by atoms with E-state index in [1.165, 1.54) is 41.7 Å². The molecular formula is C18H10ClF2N3OS. The van der Waals surface area contributed by atoms with Crippen LogP contribution in [0.3, 0.4) is 0 Å². The van der Waals surface area contributed by atoms with E-state index < -0.39 is 5.82 Å². The molecule has 0 aliphatic heterocycles. The first-order valence-corrected chi connectivity index (χ1v) is 8.76. The molecule has 8 heteroatoms. The smallest absolute Gasteiger partial charge is 0.273 e. The van der Waals surface area contributed by atoms with Crippen molar-refractivity contribution in [3.8, 4) is 11.3 Å². The number of nitrogens with one attached hydrogen (secondary N) is 1. The van der Waals surface area contributed by atoms with Gasteiger partial charge in [-0.05, 0) is 42.5 Å². The number of imidazole rings is 1. The van der Waals surface area contributed by atoms with Crippen LogP contribution in [0, 0.1) is 11.6 Å². The summed E-state index contributed by atoms with van der Waals surface area (Å²) in [5.41, 5.74) is 2.15. The largest absolute Gasteiger partial charge is 0.321 e. The van der Waals surface area contributed by atoms with Crippen molar-refractivity contribution in [1.82, 2.24) is 9.38 Å². The Hall–Kier alpha value is -2.77. The molecule has 0 fully saturated rings. The van der Waals surface area contributed by atoms with Crippen molar-refractivity contribution in [2.24, 2.45) is 0 Å². The lowest BCUT2D eigenvalue weighted by atomic mass is 10.2. The van der Waals surface area contributed by atoms with Crippen LogP contribution in [0.1, 0.15) is 10.5 Å². The van der Waals surface area contributed by atoms with Gasteiger partial charge >= 0.3 is 0 Å². The van der Waals surface area contributed by atoms with Gasteiger partial charge in [-0.15, -0.1) is 11.3 Å². The first-order chi connectivity index (χ1) is 12.5. The predicted molar refractivity (Wildman–Crippen MR) is 97.8 cm³/mol. The maximum absolute atomic E-state index is 13.2. The van der Waals surface area contributed by atoms with Crippen LogP contribution in [0.4, 0.5) is 14.5 Å². The Balaban J connectivity index is 1.64. The molecule has 2 heterocycles. The van der Waals surface area contributed by atoms with Gasteiger partial charge in [0, 0.05) is 22.8 Å². The fourth-order valence-electron chi connectivity index (χ4n) is 2.48. The zero-order valence-electron chi connectivity index (χ0n) is 13.0. The lowest BCUT2D eigenvalue weighted by Gasteiger charge is -2.05. The Kier molecular flexibility index (Phi) is 4.18. The molecule has 0 aliphatic rings. The molecule has 1 N–H and O–H groups in total. The third-order valence-corrected chi connectivity index (χ3v) is 4.89. The number of carbonyl (C=O) groups excluding carboxylic acids is 1. The second kappa shape index (κ2) is 6.51. The Morgan fingerprint density at radius 3 is 2.65 bits per heavy atom. The summed E-state index contributed by atoms with van der Waals surface area (Å²) in [6.45, 7) is 0. The fraction of sp³-hybridized carbons (Fsp3) is 0. The number of benzene rings is 2. The van der Waals surface area contributed by atoms with Crippen molar-refractivity contribution in [2.45, 2.75) is 0 Å². The van der Waals surface area contributed by atoms with E-state index in [2.05, 4.69) is 10.3 Å². The summed E-state index contributed by atoms with van der Waals surface area (Å²) in [5, 5.41) is 4.29. The van der Waals surface area contributed by atoms with E-state index in [4.69, 9.17) is 11.6 Å². The van der Waals surface area contributed by atoms with Crippen molar-refractivity contribution in [2.75, 3.05) is 5.32 Å². The molecule has 0 unspecified atom stereocenters. The summed E-state index contributed by atoms with van der Waals surface area (Å²) in [5.74, 6) is -1.25. The molecule has 1 amide bonds. The number of nitrogens with zero attached hydrogens (tertiary/aromatic N) is 2. The topological polar surface area (TPSA) is 46.4 Å². The van der Waals surface area contributed by atoms with Crippen molar-refractivity contribution in [3.63, 3.8) is 0 Å². The average molecular weight is 390 g/mol. The first-order valence-electron chi connectivity index (χ1n) is 7.50. The van der Waals surface area contributed by atoms with E-state index in [0.717, 1.165) is 5.56 Å². The number of hydrogen-bond acceptors (Lipinski definition) is 3. The highest BCUT2D eigenvalue weighted by Gasteiger charge is 2.16. The van der Waals surface area contributed by atoms with Gasteiger partial charge in [0.25, 0.3) is 5.91 Å². The highest BCUT2D eigenvalue weighted by Crippen LogP contribution is 2.25. The summed E-state index contributed by atoms with van der Waals surface area (Å²) in [6.07, 6.45) is 1.71. The van der Waals surface area contributed by atoms with Gasteiger partial charge in [0.05, 0.1) is 10.7 Å². The van der Waals surface area contributed by atoms with Crippen LogP contribution in [0.2, 0.25) is 5.02 Å². The summed E-state index contributed by atoms with van der Waals surface area (Å²) in [4.78, 5) is 17.6. The molecule has 130 valence electrons. The second-order valence-electron chi connectivity index (χ2n) is 5.49. The lowest BCUT2D eigenvalue weighted by Crippen LogP contribution is -2.13. The van der Waals surface area contributed by atoms with E-state index in [0.29, 0.717) is 22.0 Å². The Bertz CT molecular complexity index is 1120. The van der Waals surface area contributed by atoms with E-state index >= 15 is 0 Å². The second-order valence-corrected chi connectivity index (χ2v) is 6.73. The van der Waals surface area contributed by atoms with Gasteiger partial charge in [0.2, 0.25) is 0 Å². The Morgan fingerprint density at radius 1 is 1.15 bits per heavy atom. The van der Waals surface area contributed by atoms with Gasteiger partial charge in [-0.2, -0.15) is 0 Å². The molecule has 4 rings (SSSR count). The number of aromatic nitrogens is 2. The van der Waals surface area contributed by atoms with E-state index in [9.17, 15) is 13.6 Å². The lowest BCUT2D eigenvalue weighted by molar-refractivity contribution is 0.102. The molecule has 2 aromatic heterocycles. The molecule has 0 atom stereocenters. The zero-order chi connectivity index (χ0) is 18.3. The number of fused-ring (bicyclic) bond motifs is 1. The molecule has 0 spiro atoms. The maximum atomic E-state index is 13.2. The number of rotatable bonds is 3. The van der Waals surface area contributed by atoms with E-state index in [1.807, 2.05) is 0 Å². The van der Waals surface area contributed by atoms with Crippen LogP contribution in [-0.4, -0.2) is 15.3 Å². The van der Waals surface area contributed by atoms with Crippen molar-refractivity contribution in [1.29, 1.82) is 0 Å². The number of amides is 1. The number of hydrogen-bond donors (Lipinski definition) is 1. The molecule has 26 heavy (non-hydrogen) atoms. The van der Waals surface area contributed by atoms with Gasteiger partial charge < -0.3 is 5.32 Å². The summed E-state index contributed by atoms with van der Waals surface area (Å²) in [7, 11) is 0. The zero-order valence-corrected chi connectivity index (χ0v) is 14.6. The van der Waals surface area contributed by atoms with Gasteiger partial charge in [-0.25, -0.2) is 13.8 Å². The van der Waals surface area contributed by atoms with Crippen molar-refractivity contribution >= 4 is 39.5 Å². The SMILES string of the molecule is O=C(Nc1ccc(F)c(Cl)c1)c1csc2nc(-c3ccc(F)cc3)cn12. The number of halogens is 3. The van der Waals surface area contributed by atoms with Gasteiger partial charge in [0.1, 0.15) is 17.3 Å². The predicted octanol–water partition coefficient (Wildman–Crippen LogP) is 5.25. The van der Waals surface area contributed by atoms with Gasteiger partial charge in [0.15, 0.2) is 4.96 Å². The molecule has 0 bridgehead atoms. The fourth-order valence-corrected chi connectivity index (χ4v) is 3.51. The molecule has 0 radical (unpaired) electrons. The highest BCUT2D eigenvalue weighted by atomic mass is 35.5. The first kappa shape index (κ1) is 16.7. The minimum Gasteiger partial charge on any atom is -0.321 e. The number of thiazole rings is 1. The summed E-state index contributed by atoms with van der Waals surface area (Å²) in [6, 6.07) is 9.93. The normalized spacial score (nSPS) is 11.0. The van der Waals surface area contributed by atoms with Crippen LogP contribution in [0.25, 0.3) is 16.2 Å². The monoisotopic (exact) mass is 389 g/mol. The molecule has 4 aromatic rings.